The van der Waals surface area contributed by atoms with E-state index in [0.717, 1.165) is 11.8 Å². The molecule has 8 heteroatoms. The fourth-order valence-electron chi connectivity index (χ4n) is 2.40. The van der Waals surface area contributed by atoms with E-state index >= 15 is 0 Å². The van der Waals surface area contributed by atoms with Gasteiger partial charge in [-0.15, -0.1) is 0 Å². The second-order valence-corrected chi connectivity index (χ2v) is 5.68. The number of imidazole rings is 1. The number of hydrogen-bond acceptors (Lipinski definition) is 4. The smallest absolute Gasteiger partial charge is 0.313 e. The number of aliphatic carboxylic acids is 1. The Balaban J connectivity index is 2.07. The third-order valence-electron chi connectivity index (χ3n) is 3.26. The number of nitrogens with zero attached hydrogens (tertiary/aromatic N) is 2. The molecule has 0 spiro atoms. The molecule has 1 saturated heterocycles. The van der Waals surface area contributed by atoms with Crippen LogP contribution in [0, 0.1) is 5.82 Å². The van der Waals surface area contributed by atoms with Gasteiger partial charge in [0.2, 0.25) is 5.91 Å². The van der Waals surface area contributed by atoms with Crippen molar-refractivity contribution >= 4 is 34.7 Å². The lowest BCUT2D eigenvalue weighted by atomic mass is 10.2. The van der Waals surface area contributed by atoms with Gasteiger partial charge in [-0.3, -0.25) is 9.59 Å². The summed E-state index contributed by atoms with van der Waals surface area (Å²) in [6, 6.07) is 4.04. The van der Waals surface area contributed by atoms with Crippen LogP contribution in [0.25, 0.3) is 11.0 Å². The third-order valence-corrected chi connectivity index (χ3v) is 4.20. The molecule has 1 aromatic heterocycles. The number of rotatable bonds is 4. The molecule has 1 amide bonds. The maximum atomic E-state index is 13.5. The minimum Gasteiger partial charge on any atom is -0.481 e. The highest BCUT2D eigenvalue weighted by atomic mass is 32.2. The van der Waals surface area contributed by atoms with E-state index in [1.165, 1.54) is 12.1 Å². The quantitative estimate of drug-likeness (QED) is 0.834. The predicted octanol–water partition coefficient (Wildman–Crippen LogP) is 1.41. The lowest BCUT2D eigenvalue weighted by molar-refractivity contribution is -0.134. The van der Waals surface area contributed by atoms with Crippen LogP contribution in [-0.4, -0.2) is 38.8 Å². The van der Waals surface area contributed by atoms with Gasteiger partial charge in [-0.25, -0.2) is 9.37 Å². The number of carbonyl (C=O) groups is 2. The minimum atomic E-state index is -0.953. The molecule has 0 radical (unpaired) electrons. The number of aromatic nitrogens is 2. The number of thioether (sulfide) groups is 1. The fraction of sp³-hybridized carbons (Fsp3) is 0.308. The van der Waals surface area contributed by atoms with Gasteiger partial charge in [-0.1, -0.05) is 11.8 Å². The average molecular weight is 309 g/mol. The van der Waals surface area contributed by atoms with Crippen molar-refractivity contribution in [1.82, 2.24) is 14.9 Å². The number of carbonyl (C=O) groups excluding carboxylic acids is 1. The highest BCUT2D eigenvalue weighted by Crippen LogP contribution is 2.31. The zero-order valence-electron chi connectivity index (χ0n) is 10.9. The highest BCUT2D eigenvalue weighted by Gasteiger charge is 2.27. The lowest BCUT2D eigenvalue weighted by Crippen LogP contribution is -2.16. The van der Waals surface area contributed by atoms with E-state index in [0.29, 0.717) is 22.7 Å². The molecule has 21 heavy (non-hydrogen) atoms. The van der Waals surface area contributed by atoms with E-state index in [4.69, 9.17) is 5.11 Å². The van der Waals surface area contributed by atoms with Gasteiger partial charge in [0.15, 0.2) is 5.16 Å². The molecule has 2 heterocycles. The van der Waals surface area contributed by atoms with Crippen molar-refractivity contribution in [1.29, 1.82) is 0 Å². The van der Waals surface area contributed by atoms with E-state index < -0.39 is 11.8 Å². The molecule has 2 N–H and O–H groups in total. The van der Waals surface area contributed by atoms with Gasteiger partial charge in [-0.2, -0.15) is 0 Å². The van der Waals surface area contributed by atoms with E-state index in [9.17, 15) is 14.0 Å². The zero-order chi connectivity index (χ0) is 15.0. The molecule has 6 nitrogen and oxygen atoms in total. The topological polar surface area (TPSA) is 84.2 Å². The number of halogens is 1. The number of amides is 1. The van der Waals surface area contributed by atoms with Crippen LogP contribution in [0.15, 0.2) is 23.4 Å². The van der Waals surface area contributed by atoms with Gasteiger partial charge in [0.25, 0.3) is 0 Å². The first-order valence-electron chi connectivity index (χ1n) is 6.33. The molecule has 0 saturated carbocycles. The fourth-order valence-corrected chi connectivity index (χ4v) is 3.20. The van der Waals surface area contributed by atoms with Crippen LogP contribution < -0.4 is 5.32 Å². The van der Waals surface area contributed by atoms with Crippen molar-refractivity contribution in [3.63, 3.8) is 0 Å². The molecular formula is C13H12FN3O3S. The Morgan fingerprint density at radius 3 is 3.05 bits per heavy atom. The normalized spacial score (nSPS) is 18.1. The summed E-state index contributed by atoms with van der Waals surface area (Å²) in [7, 11) is 0. The number of carboxylic acid groups (broad SMARTS) is 1. The second kappa shape index (κ2) is 5.36. The predicted molar refractivity (Wildman–Crippen MR) is 74.7 cm³/mol. The Kier molecular flexibility index (Phi) is 3.54. The van der Waals surface area contributed by atoms with Gasteiger partial charge < -0.3 is 15.0 Å². The minimum absolute atomic E-state index is 0.0764. The summed E-state index contributed by atoms with van der Waals surface area (Å²) in [6.45, 7) is 0.432. The molecule has 1 fully saturated rings. The first-order valence-corrected chi connectivity index (χ1v) is 7.32. The first kappa shape index (κ1) is 13.9. The summed E-state index contributed by atoms with van der Waals surface area (Å²) in [5, 5.41) is 12.0. The lowest BCUT2D eigenvalue weighted by Gasteiger charge is -2.14. The summed E-state index contributed by atoms with van der Waals surface area (Å²) in [5.41, 5.74) is 1.16. The van der Waals surface area contributed by atoms with Crippen molar-refractivity contribution in [3.8, 4) is 0 Å². The number of fused-ring (bicyclic) bond motifs is 1. The van der Waals surface area contributed by atoms with Gasteiger partial charge in [0, 0.05) is 13.0 Å². The summed E-state index contributed by atoms with van der Waals surface area (Å²) in [5.74, 6) is -1.56. The molecule has 0 bridgehead atoms. The van der Waals surface area contributed by atoms with Crippen LogP contribution in [-0.2, 0) is 9.59 Å². The summed E-state index contributed by atoms with van der Waals surface area (Å²) in [6.07, 6.45) is 0.280. The SMILES string of the molecule is O=C(O)CSc1nc2ccc(F)cc2n1C1CNC(=O)C1. The second-order valence-electron chi connectivity index (χ2n) is 4.74. The molecule has 110 valence electrons. The van der Waals surface area contributed by atoms with Gasteiger partial charge >= 0.3 is 5.97 Å². The summed E-state index contributed by atoms with van der Waals surface area (Å²) < 4.78 is 15.2. The average Bonchev–Trinajstić information content (AvgIpc) is 2.99. The van der Waals surface area contributed by atoms with Crippen molar-refractivity contribution < 1.29 is 19.1 Å². The molecule has 1 aromatic carbocycles. The van der Waals surface area contributed by atoms with Crippen LogP contribution in [0.3, 0.4) is 0 Å². The maximum absolute atomic E-state index is 13.5. The molecule has 1 unspecified atom stereocenters. The van der Waals surface area contributed by atoms with Crippen LogP contribution in [0.4, 0.5) is 4.39 Å². The van der Waals surface area contributed by atoms with Gasteiger partial charge in [0.1, 0.15) is 5.82 Å². The van der Waals surface area contributed by atoms with Crippen LogP contribution in [0.1, 0.15) is 12.5 Å². The first-order chi connectivity index (χ1) is 10.0. The number of hydrogen-bond donors (Lipinski definition) is 2. The van der Waals surface area contributed by atoms with Crippen molar-refractivity contribution in [3.05, 3.63) is 24.0 Å². The third kappa shape index (κ3) is 2.71. The van der Waals surface area contributed by atoms with E-state index in [1.54, 1.807) is 10.6 Å². The molecule has 2 aromatic rings. The van der Waals surface area contributed by atoms with Gasteiger partial charge in [0.05, 0.1) is 22.8 Å². The summed E-state index contributed by atoms with van der Waals surface area (Å²) in [4.78, 5) is 26.5. The number of carboxylic acids is 1. The monoisotopic (exact) mass is 309 g/mol. The highest BCUT2D eigenvalue weighted by molar-refractivity contribution is 7.99. The van der Waals surface area contributed by atoms with Gasteiger partial charge in [-0.05, 0) is 18.2 Å². The molecule has 3 rings (SSSR count). The maximum Gasteiger partial charge on any atom is 0.313 e. The molecular weight excluding hydrogens is 297 g/mol. The molecule has 1 aliphatic rings. The Morgan fingerprint density at radius 1 is 1.57 bits per heavy atom. The Morgan fingerprint density at radius 2 is 2.38 bits per heavy atom. The number of nitrogens with one attached hydrogen (secondary N) is 1. The van der Waals surface area contributed by atoms with Crippen molar-refractivity contribution in [2.45, 2.75) is 17.6 Å². The zero-order valence-corrected chi connectivity index (χ0v) is 11.7. The Hall–Kier alpha value is -2.09. The van der Waals surface area contributed by atoms with E-state index in [2.05, 4.69) is 10.3 Å². The van der Waals surface area contributed by atoms with E-state index in [-0.39, 0.29) is 24.1 Å². The van der Waals surface area contributed by atoms with E-state index in [1.807, 2.05) is 0 Å². The Labute approximate surface area is 123 Å². The van der Waals surface area contributed by atoms with Crippen LogP contribution >= 0.6 is 11.8 Å². The Bertz CT molecular complexity index is 731. The molecule has 0 aliphatic carbocycles. The largest absolute Gasteiger partial charge is 0.481 e. The van der Waals surface area contributed by atoms with Crippen molar-refractivity contribution in [2.75, 3.05) is 12.3 Å². The van der Waals surface area contributed by atoms with Crippen LogP contribution in [0.5, 0.6) is 0 Å². The van der Waals surface area contributed by atoms with Crippen LogP contribution in [0.2, 0.25) is 0 Å². The summed E-state index contributed by atoms with van der Waals surface area (Å²) >= 11 is 1.07. The van der Waals surface area contributed by atoms with Crippen molar-refractivity contribution in [2.24, 2.45) is 0 Å². The standard InChI is InChI=1S/C13H12FN3O3S/c14-7-1-2-9-10(3-7)17(8-4-11(18)15-5-8)13(16-9)21-6-12(19)20/h1-3,8H,4-6H2,(H,15,18)(H,19,20). The number of benzene rings is 1. The molecule has 1 atom stereocenters. The molecule has 1 aliphatic heterocycles.